The number of carbonyl (C=O) groups is 1. The molecule has 2 bridgehead atoms. The van der Waals surface area contributed by atoms with Crippen molar-refractivity contribution in [3.8, 4) is 17.2 Å². The Morgan fingerprint density at radius 1 is 1.00 bits per heavy atom. The molecule has 10 heteroatoms. The molecule has 0 unspecified atom stereocenters. The highest BCUT2D eigenvalue weighted by molar-refractivity contribution is 7.89. The van der Waals surface area contributed by atoms with Gasteiger partial charge in [0.2, 0.25) is 10.0 Å². The highest BCUT2D eigenvalue weighted by Crippen LogP contribution is 2.25. The number of sulfonamides is 1. The SMILES string of the molecule is COc1ccc(S(=O)(=O)N(CC(C)C)C[C@@H](O)[C@@H]2Cc3ccc(cc3)OCC/C=C/CCc3c(O)cccc3C(=O)N2)cc1. The van der Waals surface area contributed by atoms with Crippen LogP contribution in [-0.2, 0) is 22.9 Å². The molecule has 2 atom stereocenters. The van der Waals surface area contributed by atoms with Crippen molar-refractivity contribution in [1.29, 1.82) is 0 Å². The van der Waals surface area contributed by atoms with Crippen molar-refractivity contribution in [3.63, 3.8) is 0 Å². The van der Waals surface area contributed by atoms with E-state index >= 15 is 0 Å². The number of benzene rings is 3. The maximum absolute atomic E-state index is 13.8. The zero-order chi connectivity index (χ0) is 31.7. The summed E-state index contributed by atoms with van der Waals surface area (Å²) < 4.78 is 39.8. The summed E-state index contributed by atoms with van der Waals surface area (Å²) in [5.74, 6) is 0.776. The van der Waals surface area contributed by atoms with Crippen LogP contribution in [0.15, 0.2) is 83.8 Å². The van der Waals surface area contributed by atoms with E-state index in [1.165, 1.54) is 23.5 Å². The van der Waals surface area contributed by atoms with Crippen LogP contribution in [0.1, 0.15) is 48.2 Å². The number of hydrogen-bond donors (Lipinski definition) is 3. The van der Waals surface area contributed by atoms with Crippen LogP contribution in [0.5, 0.6) is 17.2 Å². The van der Waals surface area contributed by atoms with Crippen LogP contribution in [0.3, 0.4) is 0 Å². The Morgan fingerprint density at radius 3 is 2.39 bits per heavy atom. The molecule has 0 spiro atoms. The lowest BCUT2D eigenvalue weighted by atomic mass is 9.98. The first-order valence-electron chi connectivity index (χ1n) is 14.9. The van der Waals surface area contributed by atoms with Crippen LogP contribution in [0.2, 0.25) is 0 Å². The number of phenolic OH excluding ortho intramolecular Hbond substituents is 1. The van der Waals surface area contributed by atoms with Crippen LogP contribution in [0.25, 0.3) is 0 Å². The summed E-state index contributed by atoms with van der Waals surface area (Å²) in [6.07, 6.45) is 4.77. The van der Waals surface area contributed by atoms with Gasteiger partial charge in [0.15, 0.2) is 0 Å². The monoisotopic (exact) mass is 622 g/mol. The molecule has 0 fully saturated rings. The van der Waals surface area contributed by atoms with E-state index in [0.717, 1.165) is 12.0 Å². The fourth-order valence-electron chi connectivity index (χ4n) is 5.17. The number of nitrogens with one attached hydrogen (secondary N) is 1. The first-order chi connectivity index (χ1) is 21.1. The van der Waals surface area contributed by atoms with Crippen molar-refractivity contribution in [2.24, 2.45) is 5.92 Å². The number of fused-ring (bicyclic) bond motifs is 10. The average molecular weight is 623 g/mol. The van der Waals surface area contributed by atoms with Gasteiger partial charge in [-0.3, -0.25) is 4.79 Å². The first-order valence-corrected chi connectivity index (χ1v) is 16.3. The third kappa shape index (κ3) is 8.62. The number of carbonyl (C=O) groups excluding carboxylic acids is 1. The van der Waals surface area contributed by atoms with E-state index in [9.17, 15) is 23.4 Å². The number of methoxy groups -OCH3 is 1. The second-order valence-electron chi connectivity index (χ2n) is 11.3. The molecule has 44 heavy (non-hydrogen) atoms. The van der Waals surface area contributed by atoms with Gasteiger partial charge in [0.05, 0.1) is 30.8 Å². The molecule has 3 aromatic rings. The number of aromatic hydroxyl groups is 1. The van der Waals surface area contributed by atoms with Crippen LogP contribution >= 0.6 is 0 Å². The normalized spacial score (nSPS) is 17.8. The minimum atomic E-state index is -3.98. The van der Waals surface area contributed by atoms with Gasteiger partial charge in [-0.1, -0.05) is 44.2 Å². The van der Waals surface area contributed by atoms with E-state index in [1.807, 2.05) is 50.3 Å². The highest BCUT2D eigenvalue weighted by Gasteiger charge is 2.32. The molecule has 2 aliphatic rings. The summed E-state index contributed by atoms with van der Waals surface area (Å²) in [5, 5.41) is 25.2. The lowest BCUT2D eigenvalue weighted by Crippen LogP contribution is -2.51. The number of hydrogen-bond acceptors (Lipinski definition) is 7. The maximum Gasteiger partial charge on any atom is 0.252 e. The second kappa shape index (κ2) is 15.2. The van der Waals surface area contributed by atoms with E-state index in [1.54, 1.807) is 30.3 Å². The lowest BCUT2D eigenvalue weighted by Gasteiger charge is -2.31. The molecule has 2 heterocycles. The van der Waals surface area contributed by atoms with Gasteiger partial charge >= 0.3 is 0 Å². The van der Waals surface area contributed by atoms with Crippen LogP contribution in [0.4, 0.5) is 0 Å². The molecule has 1 amide bonds. The Labute approximate surface area is 260 Å². The predicted octanol–water partition coefficient (Wildman–Crippen LogP) is 4.72. The van der Waals surface area contributed by atoms with Crippen molar-refractivity contribution >= 4 is 15.9 Å². The average Bonchev–Trinajstić information content (AvgIpc) is 3.00. The number of allylic oxidation sites excluding steroid dienone is 1. The van der Waals surface area contributed by atoms with E-state index in [-0.39, 0.29) is 36.1 Å². The number of ether oxygens (including phenoxy) is 2. The summed E-state index contributed by atoms with van der Waals surface area (Å²) in [5.41, 5.74) is 1.65. The molecule has 9 nitrogen and oxygen atoms in total. The van der Waals surface area contributed by atoms with Crippen molar-refractivity contribution < 1.29 is 32.9 Å². The van der Waals surface area contributed by atoms with Gasteiger partial charge in [-0.05, 0) is 85.7 Å². The molecular weight excluding hydrogens is 580 g/mol. The smallest absolute Gasteiger partial charge is 0.252 e. The third-order valence-corrected chi connectivity index (χ3v) is 9.34. The van der Waals surface area contributed by atoms with Crippen LogP contribution in [-0.4, -0.2) is 67.8 Å². The highest BCUT2D eigenvalue weighted by atomic mass is 32.2. The number of nitrogens with zero attached hydrogens (tertiary/aromatic N) is 1. The Balaban J connectivity index is 1.67. The number of phenols is 1. The van der Waals surface area contributed by atoms with Crippen molar-refractivity contribution in [2.75, 3.05) is 26.8 Å². The Hall–Kier alpha value is -3.86. The molecule has 0 saturated carbocycles. The zero-order valence-corrected chi connectivity index (χ0v) is 26.3. The molecule has 0 aliphatic carbocycles. The molecule has 5 rings (SSSR count). The van der Waals surface area contributed by atoms with Gasteiger partial charge in [-0.2, -0.15) is 4.31 Å². The van der Waals surface area contributed by atoms with Crippen molar-refractivity contribution in [3.05, 3.63) is 95.6 Å². The Morgan fingerprint density at radius 2 is 1.70 bits per heavy atom. The summed E-state index contributed by atoms with van der Waals surface area (Å²) in [6, 6.07) is 17.5. The van der Waals surface area contributed by atoms with Gasteiger partial charge in [-0.15, -0.1) is 0 Å². The summed E-state index contributed by atoms with van der Waals surface area (Å²) >= 11 is 0. The van der Waals surface area contributed by atoms with E-state index in [2.05, 4.69) is 5.32 Å². The fraction of sp³-hybridized carbons (Fsp3) is 0.382. The van der Waals surface area contributed by atoms with Gasteiger partial charge in [0.1, 0.15) is 17.2 Å². The minimum Gasteiger partial charge on any atom is -0.508 e. The Kier molecular flexibility index (Phi) is 11.4. The van der Waals surface area contributed by atoms with Gasteiger partial charge < -0.3 is 25.0 Å². The van der Waals surface area contributed by atoms with Gasteiger partial charge in [-0.25, -0.2) is 8.42 Å². The lowest BCUT2D eigenvalue weighted by molar-refractivity contribution is 0.0774. The van der Waals surface area contributed by atoms with Crippen molar-refractivity contribution in [2.45, 2.75) is 56.6 Å². The largest absolute Gasteiger partial charge is 0.508 e. The number of aliphatic hydroxyl groups excluding tert-OH is 1. The topological polar surface area (TPSA) is 125 Å². The number of amides is 1. The summed E-state index contributed by atoms with van der Waals surface area (Å²) in [4.78, 5) is 13.8. The standard InChI is InChI=1S/C34H42N2O7S/c1-24(2)22-36(44(40,41)28-18-16-26(42-3)17-19-28)23-33(38)31-21-25-12-14-27(15-13-25)43-20-7-5-4-6-9-29-30(34(39)35-31)10-8-11-32(29)37/h4-5,8,10-19,24,31,33,37-38H,6-7,9,20-23H2,1-3H3,(H,35,39)/b5-4+/t31-,33+/m0/s1. The van der Waals surface area contributed by atoms with E-state index < -0.39 is 28.1 Å². The third-order valence-electron chi connectivity index (χ3n) is 7.49. The van der Waals surface area contributed by atoms with Crippen LogP contribution in [0, 0.1) is 5.92 Å². The van der Waals surface area contributed by atoms with E-state index in [4.69, 9.17) is 9.47 Å². The molecular formula is C34H42N2O7S. The summed E-state index contributed by atoms with van der Waals surface area (Å²) in [7, 11) is -2.48. The maximum atomic E-state index is 13.8. The summed E-state index contributed by atoms with van der Waals surface area (Å²) in [6.45, 7) is 4.25. The number of rotatable bonds is 8. The van der Waals surface area contributed by atoms with Gasteiger partial charge in [0, 0.05) is 24.2 Å². The second-order valence-corrected chi connectivity index (χ2v) is 13.3. The first kappa shape index (κ1) is 33.0. The molecule has 3 N–H and O–H groups in total. The molecule has 0 radical (unpaired) electrons. The molecule has 236 valence electrons. The minimum absolute atomic E-state index is 0.0216. The molecule has 3 aromatic carbocycles. The van der Waals surface area contributed by atoms with E-state index in [0.29, 0.717) is 42.1 Å². The zero-order valence-electron chi connectivity index (χ0n) is 25.5. The van der Waals surface area contributed by atoms with Gasteiger partial charge in [0.25, 0.3) is 5.91 Å². The number of aliphatic hydroxyl groups is 1. The molecule has 0 aromatic heterocycles. The quantitative estimate of drug-likeness (QED) is 0.311. The predicted molar refractivity (Wildman–Crippen MR) is 170 cm³/mol. The van der Waals surface area contributed by atoms with Crippen molar-refractivity contribution in [1.82, 2.24) is 9.62 Å². The molecule has 2 aliphatic heterocycles. The van der Waals surface area contributed by atoms with Crippen LogP contribution < -0.4 is 14.8 Å². The molecule has 0 saturated heterocycles. The fourth-order valence-corrected chi connectivity index (χ4v) is 6.80. The Bertz CT molecular complexity index is 1520.